The van der Waals surface area contributed by atoms with Crippen LogP contribution in [0.15, 0.2) is 12.1 Å². The molecule has 0 fully saturated rings. The highest BCUT2D eigenvalue weighted by Gasteiger charge is 2.32. The number of carbonyl (C=O) groups excluding carboxylic acids is 1. The summed E-state index contributed by atoms with van der Waals surface area (Å²) in [4.78, 5) is 17.0. The van der Waals surface area contributed by atoms with Crippen LogP contribution < -0.4 is 16.2 Å². The van der Waals surface area contributed by atoms with Gasteiger partial charge in [0.2, 0.25) is 0 Å². The number of anilines is 1. The van der Waals surface area contributed by atoms with E-state index < -0.39 is 5.91 Å². The largest absolute Gasteiger partial charge is 0.508 e. The number of fused-ring (bicyclic) bond motifs is 3. The van der Waals surface area contributed by atoms with Crippen molar-refractivity contribution in [2.45, 2.75) is 40.2 Å². The number of primary amides is 1. The van der Waals surface area contributed by atoms with E-state index in [2.05, 4.69) is 0 Å². The molecule has 1 aromatic carbocycles. The highest BCUT2D eigenvalue weighted by atomic mass is 16.5. The number of amides is 1. The zero-order valence-electron chi connectivity index (χ0n) is 15.8. The van der Waals surface area contributed by atoms with Gasteiger partial charge >= 0.3 is 0 Å². The summed E-state index contributed by atoms with van der Waals surface area (Å²) in [7, 11) is 0. The number of rotatable bonds is 2. The van der Waals surface area contributed by atoms with Crippen LogP contribution in [0.5, 0.6) is 11.5 Å². The predicted octanol–water partition coefficient (Wildman–Crippen LogP) is 2.66. The molecule has 0 radical (unpaired) electrons. The fourth-order valence-corrected chi connectivity index (χ4v) is 3.99. The minimum Gasteiger partial charge on any atom is -0.508 e. The lowest BCUT2D eigenvalue weighted by Gasteiger charge is -2.15. The van der Waals surface area contributed by atoms with Gasteiger partial charge in [0.15, 0.2) is 5.65 Å². The van der Waals surface area contributed by atoms with E-state index in [0.717, 1.165) is 23.2 Å². The standard InChI is InChI=1S/C20H22N4O3/c1-8-5-6-13(25)10(3)16(8)24-18(21)15(19(22)26)14-17-12(7-9(2)27-17)11(4)23-20(14)24/h5-6,9,25H,7,21H2,1-4H3,(H2,22,26). The molecule has 7 nitrogen and oxygen atoms in total. The lowest BCUT2D eigenvalue weighted by molar-refractivity contribution is 0.100. The Hall–Kier alpha value is -3.22. The summed E-state index contributed by atoms with van der Waals surface area (Å²) in [6, 6.07) is 3.43. The Morgan fingerprint density at radius 2 is 2.04 bits per heavy atom. The number of benzene rings is 1. The number of phenolic OH excluding ortho intramolecular Hbond substituents is 1. The van der Waals surface area contributed by atoms with E-state index in [1.54, 1.807) is 23.6 Å². The number of hydrogen-bond acceptors (Lipinski definition) is 5. The summed E-state index contributed by atoms with van der Waals surface area (Å²) < 4.78 is 7.71. The van der Waals surface area contributed by atoms with E-state index in [4.69, 9.17) is 21.2 Å². The van der Waals surface area contributed by atoms with Crippen molar-refractivity contribution in [3.05, 3.63) is 40.1 Å². The van der Waals surface area contributed by atoms with E-state index in [1.165, 1.54) is 0 Å². The summed E-state index contributed by atoms with van der Waals surface area (Å²) in [5.41, 5.74) is 16.8. The molecule has 0 spiro atoms. The third-order valence-electron chi connectivity index (χ3n) is 5.28. The highest BCUT2D eigenvalue weighted by molar-refractivity contribution is 6.13. The lowest BCUT2D eigenvalue weighted by atomic mass is 10.1. The van der Waals surface area contributed by atoms with Gasteiger partial charge in [-0.15, -0.1) is 0 Å². The number of nitrogens with two attached hydrogens (primary N) is 2. The number of pyridine rings is 1. The lowest BCUT2D eigenvalue weighted by Crippen LogP contribution is -2.14. The number of aryl methyl sites for hydroxylation is 2. The maximum absolute atomic E-state index is 12.3. The van der Waals surface area contributed by atoms with Gasteiger partial charge in [-0.1, -0.05) is 6.07 Å². The van der Waals surface area contributed by atoms with Crippen molar-refractivity contribution in [2.75, 3.05) is 5.73 Å². The van der Waals surface area contributed by atoms with Gasteiger partial charge in [-0.25, -0.2) is 4.98 Å². The minimum absolute atomic E-state index is 0.0133. The molecule has 5 N–H and O–H groups in total. The second kappa shape index (κ2) is 5.64. The van der Waals surface area contributed by atoms with Crippen molar-refractivity contribution >= 4 is 22.8 Å². The zero-order chi connectivity index (χ0) is 19.6. The van der Waals surface area contributed by atoms with Crippen molar-refractivity contribution in [1.82, 2.24) is 9.55 Å². The Morgan fingerprint density at radius 1 is 1.33 bits per heavy atom. The summed E-state index contributed by atoms with van der Waals surface area (Å²) in [6.45, 7) is 7.60. The fraction of sp³-hybridized carbons (Fsp3) is 0.300. The molecule has 0 saturated heterocycles. The van der Waals surface area contributed by atoms with Gasteiger partial charge in [0.25, 0.3) is 5.91 Å². The molecular formula is C20H22N4O3. The van der Waals surface area contributed by atoms with Crippen LogP contribution in [0.1, 0.15) is 39.7 Å². The van der Waals surface area contributed by atoms with Crippen LogP contribution in [0.4, 0.5) is 5.82 Å². The van der Waals surface area contributed by atoms with E-state index in [1.807, 2.05) is 20.8 Å². The summed E-state index contributed by atoms with van der Waals surface area (Å²) >= 11 is 0. The molecule has 7 heteroatoms. The van der Waals surface area contributed by atoms with Gasteiger partial charge in [-0.2, -0.15) is 0 Å². The molecule has 1 unspecified atom stereocenters. The number of aromatic hydroxyl groups is 1. The molecule has 27 heavy (non-hydrogen) atoms. The van der Waals surface area contributed by atoms with E-state index in [9.17, 15) is 9.90 Å². The zero-order valence-corrected chi connectivity index (χ0v) is 15.8. The molecule has 140 valence electrons. The molecule has 3 heterocycles. The van der Waals surface area contributed by atoms with E-state index in [-0.39, 0.29) is 23.2 Å². The smallest absolute Gasteiger partial charge is 0.253 e. The molecule has 2 aromatic heterocycles. The maximum Gasteiger partial charge on any atom is 0.253 e. The van der Waals surface area contributed by atoms with Crippen molar-refractivity contribution in [3.63, 3.8) is 0 Å². The topological polar surface area (TPSA) is 116 Å². The monoisotopic (exact) mass is 366 g/mol. The first kappa shape index (κ1) is 17.2. The number of phenols is 1. The number of aromatic nitrogens is 2. The summed E-state index contributed by atoms with van der Waals surface area (Å²) in [6.07, 6.45) is 0.707. The van der Waals surface area contributed by atoms with Crippen LogP contribution in [0.2, 0.25) is 0 Å². The molecule has 1 aliphatic heterocycles. The average Bonchev–Trinajstić information content (AvgIpc) is 3.11. The number of nitrogen functional groups attached to an aromatic ring is 1. The van der Waals surface area contributed by atoms with E-state index in [0.29, 0.717) is 28.0 Å². The quantitative estimate of drug-likeness (QED) is 0.645. The summed E-state index contributed by atoms with van der Waals surface area (Å²) in [5, 5.41) is 10.8. The first-order valence-corrected chi connectivity index (χ1v) is 8.81. The first-order valence-electron chi connectivity index (χ1n) is 8.81. The van der Waals surface area contributed by atoms with Crippen molar-refractivity contribution < 1.29 is 14.6 Å². The SMILES string of the molecule is Cc1ccc(O)c(C)c1-n1c(N)c(C(N)=O)c2c3c(c(C)nc21)CC(C)O3. The fourth-order valence-electron chi connectivity index (χ4n) is 3.99. The third kappa shape index (κ3) is 2.27. The Labute approximate surface area is 156 Å². The van der Waals surface area contributed by atoms with E-state index >= 15 is 0 Å². The van der Waals surface area contributed by atoms with Crippen LogP contribution >= 0.6 is 0 Å². The average molecular weight is 366 g/mol. The van der Waals surface area contributed by atoms with Gasteiger partial charge in [0.1, 0.15) is 23.4 Å². The Bertz CT molecular complexity index is 1130. The minimum atomic E-state index is -0.636. The molecule has 4 rings (SSSR count). The second-order valence-corrected chi connectivity index (χ2v) is 7.17. The Kier molecular flexibility index (Phi) is 3.59. The molecule has 0 saturated carbocycles. The third-order valence-corrected chi connectivity index (χ3v) is 5.28. The highest BCUT2D eigenvalue weighted by Crippen LogP contribution is 2.44. The molecule has 0 aliphatic carbocycles. The second-order valence-electron chi connectivity index (χ2n) is 7.17. The molecule has 1 amide bonds. The Morgan fingerprint density at radius 3 is 2.70 bits per heavy atom. The van der Waals surface area contributed by atoms with Crippen LogP contribution in [-0.4, -0.2) is 26.7 Å². The van der Waals surface area contributed by atoms with Gasteiger partial charge in [0.05, 0.1) is 16.6 Å². The molecule has 3 aromatic rings. The number of hydrogen-bond donors (Lipinski definition) is 3. The summed E-state index contributed by atoms with van der Waals surface area (Å²) in [5.74, 6) is 0.320. The van der Waals surface area contributed by atoms with Crippen LogP contribution in [-0.2, 0) is 6.42 Å². The molecule has 0 bridgehead atoms. The first-order chi connectivity index (χ1) is 12.7. The van der Waals surface area contributed by atoms with Crippen LogP contribution in [0, 0.1) is 20.8 Å². The van der Waals surface area contributed by atoms with Crippen molar-refractivity contribution in [2.24, 2.45) is 5.73 Å². The maximum atomic E-state index is 12.3. The predicted molar refractivity (Wildman–Crippen MR) is 104 cm³/mol. The van der Waals surface area contributed by atoms with Crippen molar-refractivity contribution in [1.29, 1.82) is 0 Å². The van der Waals surface area contributed by atoms with Gasteiger partial charge in [0, 0.05) is 23.2 Å². The van der Waals surface area contributed by atoms with Gasteiger partial charge in [-0.3, -0.25) is 9.36 Å². The van der Waals surface area contributed by atoms with Gasteiger partial charge < -0.3 is 21.3 Å². The normalized spacial score (nSPS) is 15.8. The van der Waals surface area contributed by atoms with Crippen LogP contribution in [0.3, 0.4) is 0 Å². The molecule has 1 aliphatic rings. The molecule has 1 atom stereocenters. The Balaban J connectivity index is 2.21. The number of nitrogens with zero attached hydrogens (tertiary/aromatic N) is 2. The molecular weight excluding hydrogens is 344 g/mol. The van der Waals surface area contributed by atoms with Gasteiger partial charge in [-0.05, 0) is 39.3 Å². The number of ether oxygens (including phenoxy) is 1. The van der Waals surface area contributed by atoms with Crippen molar-refractivity contribution in [3.8, 4) is 17.2 Å². The van der Waals surface area contributed by atoms with Crippen LogP contribution in [0.25, 0.3) is 16.7 Å². The number of carbonyl (C=O) groups is 1.